The summed E-state index contributed by atoms with van der Waals surface area (Å²) in [6, 6.07) is 14.4. The van der Waals surface area contributed by atoms with E-state index >= 15 is 0 Å². The summed E-state index contributed by atoms with van der Waals surface area (Å²) < 4.78 is 40.8. The van der Waals surface area contributed by atoms with Crippen LogP contribution in [0.4, 0.5) is 21.6 Å². The topological polar surface area (TPSA) is 71.1 Å². The van der Waals surface area contributed by atoms with Crippen molar-refractivity contribution in [2.45, 2.75) is 18.7 Å². The minimum atomic E-state index is -3.70. The zero-order valence-corrected chi connectivity index (χ0v) is 15.1. The molecule has 0 aliphatic heterocycles. The highest BCUT2D eigenvalue weighted by atomic mass is 32.2. The molecular formula is C19H18FN3O2S. The van der Waals surface area contributed by atoms with Crippen LogP contribution in [-0.2, 0) is 10.0 Å². The van der Waals surface area contributed by atoms with E-state index in [4.69, 9.17) is 0 Å². The SMILES string of the molecule is Cc1ccc(S(=O)(=O)Nc2ccc(Nc3cccc(F)c3)nc2)c(C)c1. The lowest BCUT2D eigenvalue weighted by molar-refractivity contribution is 0.600. The van der Waals surface area contributed by atoms with Gasteiger partial charge in [0, 0.05) is 5.69 Å². The summed E-state index contributed by atoms with van der Waals surface area (Å²) in [6.45, 7) is 3.66. The molecule has 0 saturated carbocycles. The summed E-state index contributed by atoms with van der Waals surface area (Å²) >= 11 is 0. The highest BCUT2D eigenvalue weighted by Crippen LogP contribution is 2.21. The predicted molar refractivity (Wildman–Crippen MR) is 101 cm³/mol. The first-order valence-corrected chi connectivity index (χ1v) is 9.40. The Morgan fingerprint density at radius 1 is 0.962 bits per heavy atom. The molecule has 134 valence electrons. The molecule has 7 heteroatoms. The zero-order valence-electron chi connectivity index (χ0n) is 14.3. The van der Waals surface area contributed by atoms with E-state index in [1.807, 2.05) is 13.0 Å². The average Bonchev–Trinajstić information content (AvgIpc) is 2.56. The highest BCUT2D eigenvalue weighted by Gasteiger charge is 2.17. The van der Waals surface area contributed by atoms with Gasteiger partial charge in [-0.15, -0.1) is 0 Å². The van der Waals surface area contributed by atoms with Crippen LogP contribution in [0.25, 0.3) is 0 Å². The van der Waals surface area contributed by atoms with Crippen LogP contribution < -0.4 is 10.0 Å². The number of aromatic nitrogens is 1. The minimum absolute atomic E-state index is 0.227. The van der Waals surface area contributed by atoms with Crippen LogP contribution in [0, 0.1) is 19.7 Å². The molecule has 0 aliphatic carbocycles. The Kier molecular flexibility index (Phi) is 4.90. The molecule has 26 heavy (non-hydrogen) atoms. The third-order valence-corrected chi connectivity index (χ3v) is 5.27. The summed E-state index contributed by atoms with van der Waals surface area (Å²) in [6.07, 6.45) is 1.41. The van der Waals surface area contributed by atoms with Gasteiger partial charge in [-0.05, 0) is 55.8 Å². The molecule has 3 rings (SSSR count). The van der Waals surface area contributed by atoms with Gasteiger partial charge in [0.25, 0.3) is 10.0 Å². The molecular weight excluding hydrogens is 353 g/mol. The van der Waals surface area contributed by atoms with Crippen molar-refractivity contribution in [3.8, 4) is 0 Å². The van der Waals surface area contributed by atoms with Gasteiger partial charge in [-0.2, -0.15) is 0 Å². The Labute approximate surface area is 152 Å². The van der Waals surface area contributed by atoms with Gasteiger partial charge < -0.3 is 5.32 Å². The first kappa shape index (κ1) is 17.9. The number of anilines is 3. The molecule has 1 aromatic heterocycles. The summed E-state index contributed by atoms with van der Waals surface area (Å²) in [5, 5.41) is 2.95. The quantitative estimate of drug-likeness (QED) is 0.698. The molecule has 0 fully saturated rings. The third-order valence-electron chi connectivity index (χ3n) is 3.73. The highest BCUT2D eigenvalue weighted by molar-refractivity contribution is 7.92. The second kappa shape index (κ2) is 7.13. The van der Waals surface area contributed by atoms with E-state index < -0.39 is 10.0 Å². The second-order valence-corrected chi connectivity index (χ2v) is 7.59. The number of aryl methyl sites for hydroxylation is 2. The lowest BCUT2D eigenvalue weighted by Crippen LogP contribution is -2.14. The number of nitrogens with one attached hydrogen (secondary N) is 2. The number of sulfonamides is 1. The molecule has 0 spiro atoms. The van der Waals surface area contributed by atoms with E-state index in [2.05, 4.69) is 15.0 Å². The molecule has 0 aliphatic rings. The zero-order chi connectivity index (χ0) is 18.7. The number of nitrogens with zero attached hydrogens (tertiary/aromatic N) is 1. The van der Waals surface area contributed by atoms with Crippen molar-refractivity contribution in [1.29, 1.82) is 0 Å². The maximum absolute atomic E-state index is 13.2. The molecule has 0 saturated heterocycles. The summed E-state index contributed by atoms with van der Waals surface area (Å²) in [4.78, 5) is 4.38. The molecule has 1 heterocycles. The Morgan fingerprint density at radius 3 is 2.42 bits per heavy atom. The second-order valence-electron chi connectivity index (χ2n) is 5.94. The maximum Gasteiger partial charge on any atom is 0.262 e. The van der Waals surface area contributed by atoms with Gasteiger partial charge in [-0.25, -0.2) is 17.8 Å². The van der Waals surface area contributed by atoms with Crippen molar-refractivity contribution in [3.63, 3.8) is 0 Å². The lowest BCUT2D eigenvalue weighted by Gasteiger charge is -2.11. The van der Waals surface area contributed by atoms with Gasteiger partial charge in [0.05, 0.1) is 16.8 Å². The normalized spacial score (nSPS) is 11.2. The lowest BCUT2D eigenvalue weighted by atomic mass is 10.2. The molecule has 5 nitrogen and oxygen atoms in total. The van der Waals surface area contributed by atoms with Crippen LogP contribution in [0.1, 0.15) is 11.1 Å². The van der Waals surface area contributed by atoms with E-state index in [-0.39, 0.29) is 10.7 Å². The number of halogens is 1. The molecule has 3 aromatic rings. The van der Waals surface area contributed by atoms with Crippen molar-refractivity contribution in [3.05, 3.63) is 77.7 Å². The van der Waals surface area contributed by atoms with Gasteiger partial charge in [-0.3, -0.25) is 4.72 Å². The van der Waals surface area contributed by atoms with Gasteiger partial charge in [0.15, 0.2) is 0 Å². The van der Waals surface area contributed by atoms with E-state index in [9.17, 15) is 12.8 Å². The van der Waals surface area contributed by atoms with Crippen LogP contribution in [0.2, 0.25) is 0 Å². The Morgan fingerprint density at radius 2 is 1.77 bits per heavy atom. The fourth-order valence-corrected chi connectivity index (χ4v) is 3.82. The summed E-state index contributed by atoms with van der Waals surface area (Å²) in [5.41, 5.74) is 2.57. The number of hydrogen-bond acceptors (Lipinski definition) is 4. The van der Waals surface area contributed by atoms with E-state index in [1.54, 1.807) is 43.3 Å². The molecule has 0 radical (unpaired) electrons. The molecule has 0 amide bonds. The van der Waals surface area contributed by atoms with Gasteiger partial charge in [-0.1, -0.05) is 23.8 Å². The van der Waals surface area contributed by atoms with Crippen molar-refractivity contribution in [2.24, 2.45) is 0 Å². The largest absolute Gasteiger partial charge is 0.340 e. The molecule has 2 N–H and O–H groups in total. The average molecular weight is 371 g/mol. The number of pyridine rings is 1. The van der Waals surface area contributed by atoms with Gasteiger partial charge >= 0.3 is 0 Å². The number of rotatable bonds is 5. The monoisotopic (exact) mass is 371 g/mol. The van der Waals surface area contributed by atoms with Crippen LogP contribution in [-0.4, -0.2) is 13.4 Å². The van der Waals surface area contributed by atoms with Crippen molar-refractivity contribution in [1.82, 2.24) is 4.98 Å². The first-order valence-electron chi connectivity index (χ1n) is 7.92. The van der Waals surface area contributed by atoms with Crippen LogP contribution in [0.15, 0.2) is 65.7 Å². The van der Waals surface area contributed by atoms with Crippen LogP contribution >= 0.6 is 0 Å². The molecule has 0 bridgehead atoms. The first-order chi connectivity index (χ1) is 12.3. The Balaban J connectivity index is 1.76. The smallest absolute Gasteiger partial charge is 0.262 e. The van der Waals surface area contributed by atoms with Crippen molar-refractivity contribution in [2.75, 3.05) is 10.0 Å². The van der Waals surface area contributed by atoms with Crippen molar-refractivity contribution >= 4 is 27.2 Å². The van der Waals surface area contributed by atoms with Gasteiger partial charge in [0.1, 0.15) is 11.6 Å². The fourth-order valence-electron chi connectivity index (χ4n) is 2.55. The molecule has 0 atom stereocenters. The predicted octanol–water partition coefficient (Wildman–Crippen LogP) is 4.38. The van der Waals surface area contributed by atoms with E-state index in [0.717, 1.165) is 5.56 Å². The Hall–Kier alpha value is -2.93. The van der Waals surface area contributed by atoms with E-state index in [1.165, 1.54) is 18.3 Å². The standard InChI is InChI=1S/C19H18FN3O2S/c1-13-6-8-18(14(2)10-13)26(24,25)23-17-7-9-19(21-12-17)22-16-5-3-4-15(20)11-16/h3-12,23H,1-2H3,(H,21,22). The molecule has 2 aromatic carbocycles. The minimum Gasteiger partial charge on any atom is -0.340 e. The fraction of sp³-hybridized carbons (Fsp3) is 0.105. The Bertz CT molecular complexity index is 1030. The number of benzene rings is 2. The van der Waals surface area contributed by atoms with Gasteiger partial charge in [0.2, 0.25) is 0 Å². The van der Waals surface area contributed by atoms with E-state index in [0.29, 0.717) is 22.8 Å². The third kappa shape index (κ3) is 4.18. The maximum atomic E-state index is 13.2. The molecule has 0 unspecified atom stereocenters. The van der Waals surface area contributed by atoms with Crippen molar-refractivity contribution < 1.29 is 12.8 Å². The van der Waals surface area contributed by atoms with Crippen LogP contribution in [0.5, 0.6) is 0 Å². The van der Waals surface area contributed by atoms with Crippen LogP contribution in [0.3, 0.4) is 0 Å². The summed E-state index contributed by atoms with van der Waals surface area (Å²) in [7, 11) is -3.70. The number of hydrogen-bond donors (Lipinski definition) is 2. The summed E-state index contributed by atoms with van der Waals surface area (Å²) in [5.74, 6) is 0.123.